The molecule has 1 aliphatic rings. The zero-order valence-corrected chi connectivity index (χ0v) is 11.5. The third kappa shape index (κ3) is 2.36. The summed E-state index contributed by atoms with van der Waals surface area (Å²) in [5, 5.41) is 0. The second kappa shape index (κ2) is 5.06. The summed E-state index contributed by atoms with van der Waals surface area (Å²) in [4.78, 5) is 2.37. The lowest BCUT2D eigenvalue weighted by molar-refractivity contribution is 0.294. The highest BCUT2D eigenvalue weighted by molar-refractivity contribution is 5.44. The van der Waals surface area contributed by atoms with Crippen molar-refractivity contribution in [3.05, 3.63) is 65.2 Å². The molecule has 0 unspecified atom stereocenters. The predicted octanol–water partition coefficient (Wildman–Crippen LogP) is 3.27. The summed E-state index contributed by atoms with van der Waals surface area (Å²) in [6.45, 7) is 2.07. The predicted molar refractivity (Wildman–Crippen MR) is 77.6 cm³/mol. The van der Waals surface area contributed by atoms with Gasteiger partial charge in [-0.15, -0.1) is 0 Å². The normalized spacial score (nSPS) is 18.9. The number of fused-ring (bicyclic) bond motifs is 1. The van der Waals surface area contributed by atoms with E-state index in [4.69, 9.17) is 4.74 Å². The fraction of sp³-hybridized carbons (Fsp3) is 0.294. The van der Waals surface area contributed by atoms with Crippen molar-refractivity contribution < 1.29 is 4.74 Å². The van der Waals surface area contributed by atoms with Crippen molar-refractivity contribution in [1.82, 2.24) is 4.90 Å². The summed E-state index contributed by atoms with van der Waals surface area (Å²) in [6, 6.07) is 17.2. The first-order valence-corrected chi connectivity index (χ1v) is 6.68. The average molecular weight is 253 g/mol. The van der Waals surface area contributed by atoms with Gasteiger partial charge in [-0.05, 0) is 35.9 Å². The van der Waals surface area contributed by atoms with Gasteiger partial charge < -0.3 is 9.64 Å². The second-order valence-corrected chi connectivity index (χ2v) is 5.22. The van der Waals surface area contributed by atoms with Crippen LogP contribution in [0.2, 0.25) is 0 Å². The molecule has 0 aromatic heterocycles. The van der Waals surface area contributed by atoms with Gasteiger partial charge in [0.05, 0.1) is 7.11 Å². The Balaban J connectivity index is 2.05. The number of rotatable bonds is 2. The van der Waals surface area contributed by atoms with Crippen molar-refractivity contribution in [3.8, 4) is 5.75 Å². The molecule has 0 saturated heterocycles. The van der Waals surface area contributed by atoms with Crippen molar-refractivity contribution in [3.63, 3.8) is 0 Å². The van der Waals surface area contributed by atoms with Crippen LogP contribution in [0.5, 0.6) is 5.75 Å². The van der Waals surface area contributed by atoms with Crippen LogP contribution >= 0.6 is 0 Å². The summed E-state index contributed by atoms with van der Waals surface area (Å²) >= 11 is 0. The molecule has 2 aromatic carbocycles. The van der Waals surface area contributed by atoms with Gasteiger partial charge in [0.1, 0.15) is 5.75 Å². The van der Waals surface area contributed by atoms with Crippen molar-refractivity contribution >= 4 is 0 Å². The first-order chi connectivity index (χ1) is 9.28. The number of ether oxygens (including phenoxy) is 1. The maximum atomic E-state index is 5.34. The van der Waals surface area contributed by atoms with Crippen LogP contribution in [0.15, 0.2) is 48.5 Å². The molecular formula is C17H19NO. The minimum atomic E-state index is 0.459. The minimum absolute atomic E-state index is 0.459. The van der Waals surface area contributed by atoms with E-state index in [-0.39, 0.29) is 0 Å². The monoisotopic (exact) mass is 253 g/mol. The number of hydrogen-bond acceptors (Lipinski definition) is 2. The molecule has 0 fully saturated rings. The van der Waals surface area contributed by atoms with Gasteiger partial charge in [0, 0.05) is 19.0 Å². The van der Waals surface area contributed by atoms with E-state index in [0.29, 0.717) is 5.92 Å². The molecule has 2 nitrogen and oxygen atoms in total. The fourth-order valence-electron chi connectivity index (χ4n) is 2.92. The summed E-state index contributed by atoms with van der Waals surface area (Å²) in [7, 11) is 3.90. The van der Waals surface area contributed by atoms with Gasteiger partial charge in [-0.2, -0.15) is 0 Å². The van der Waals surface area contributed by atoms with Gasteiger partial charge in [0.2, 0.25) is 0 Å². The largest absolute Gasteiger partial charge is 0.497 e. The van der Waals surface area contributed by atoms with Crippen LogP contribution in [-0.4, -0.2) is 25.6 Å². The lowest BCUT2D eigenvalue weighted by Crippen LogP contribution is -2.30. The van der Waals surface area contributed by atoms with Crippen LogP contribution in [-0.2, 0) is 6.54 Å². The van der Waals surface area contributed by atoms with Crippen molar-refractivity contribution in [2.24, 2.45) is 0 Å². The highest BCUT2D eigenvalue weighted by Gasteiger charge is 2.24. The van der Waals surface area contributed by atoms with E-state index in [1.165, 1.54) is 16.7 Å². The lowest BCUT2D eigenvalue weighted by atomic mass is 9.85. The van der Waals surface area contributed by atoms with E-state index >= 15 is 0 Å². The summed E-state index contributed by atoms with van der Waals surface area (Å²) in [5.41, 5.74) is 4.20. The second-order valence-electron chi connectivity index (χ2n) is 5.22. The highest BCUT2D eigenvalue weighted by Crippen LogP contribution is 2.34. The first kappa shape index (κ1) is 12.2. The lowest BCUT2D eigenvalue weighted by Gasteiger charge is -2.32. The Morgan fingerprint density at radius 1 is 1.11 bits per heavy atom. The molecule has 0 amide bonds. The van der Waals surface area contributed by atoms with Crippen LogP contribution in [0.4, 0.5) is 0 Å². The molecule has 1 atom stereocenters. The molecule has 3 rings (SSSR count). The Kier molecular flexibility index (Phi) is 3.26. The summed E-state index contributed by atoms with van der Waals surface area (Å²) in [5.74, 6) is 1.40. The molecule has 0 spiro atoms. The molecule has 0 aliphatic carbocycles. The van der Waals surface area contributed by atoms with E-state index in [2.05, 4.69) is 60.5 Å². The number of nitrogens with zero attached hydrogens (tertiary/aromatic N) is 1. The van der Waals surface area contributed by atoms with Gasteiger partial charge in [0.25, 0.3) is 0 Å². The zero-order chi connectivity index (χ0) is 13.2. The smallest absolute Gasteiger partial charge is 0.119 e. The van der Waals surface area contributed by atoms with Crippen molar-refractivity contribution in [2.45, 2.75) is 12.5 Å². The van der Waals surface area contributed by atoms with Gasteiger partial charge in [-0.3, -0.25) is 0 Å². The standard InChI is InChI=1S/C17H19NO/c1-18-11-14-10-15(19-2)8-9-16(14)17(12-18)13-6-4-3-5-7-13/h3-10,17H,11-12H2,1-2H3/t17-/m0/s1. The molecule has 1 heterocycles. The Hall–Kier alpha value is -1.80. The maximum Gasteiger partial charge on any atom is 0.119 e. The number of likely N-dealkylation sites (N-methyl/N-ethyl adjacent to an activating group) is 1. The zero-order valence-electron chi connectivity index (χ0n) is 11.5. The third-order valence-corrected chi connectivity index (χ3v) is 3.86. The Morgan fingerprint density at radius 3 is 2.63 bits per heavy atom. The van der Waals surface area contributed by atoms with Crippen LogP contribution < -0.4 is 4.74 Å². The number of hydrogen-bond donors (Lipinski definition) is 0. The van der Waals surface area contributed by atoms with Crippen LogP contribution in [0, 0.1) is 0 Å². The summed E-state index contributed by atoms with van der Waals surface area (Å²) in [6.07, 6.45) is 0. The molecule has 1 aliphatic heterocycles. The molecule has 0 saturated carbocycles. The average Bonchev–Trinajstić information content (AvgIpc) is 2.46. The van der Waals surface area contributed by atoms with E-state index in [9.17, 15) is 0 Å². The molecule has 19 heavy (non-hydrogen) atoms. The van der Waals surface area contributed by atoms with Gasteiger partial charge in [-0.1, -0.05) is 36.4 Å². The van der Waals surface area contributed by atoms with E-state index < -0.39 is 0 Å². The fourth-order valence-corrected chi connectivity index (χ4v) is 2.92. The molecule has 2 heteroatoms. The summed E-state index contributed by atoms with van der Waals surface area (Å²) < 4.78 is 5.34. The molecule has 0 bridgehead atoms. The molecule has 98 valence electrons. The van der Waals surface area contributed by atoms with E-state index in [1.54, 1.807) is 7.11 Å². The Labute approximate surface area is 114 Å². The quantitative estimate of drug-likeness (QED) is 0.814. The van der Waals surface area contributed by atoms with E-state index in [1.807, 2.05) is 0 Å². The van der Waals surface area contributed by atoms with Crippen molar-refractivity contribution in [2.75, 3.05) is 20.7 Å². The van der Waals surface area contributed by atoms with Crippen LogP contribution in [0.1, 0.15) is 22.6 Å². The first-order valence-electron chi connectivity index (χ1n) is 6.68. The third-order valence-electron chi connectivity index (χ3n) is 3.86. The highest BCUT2D eigenvalue weighted by atomic mass is 16.5. The van der Waals surface area contributed by atoms with Gasteiger partial charge in [0.15, 0.2) is 0 Å². The molecule has 2 aromatic rings. The molecular weight excluding hydrogens is 234 g/mol. The molecule has 0 radical (unpaired) electrons. The Bertz CT molecular complexity index is 565. The maximum absolute atomic E-state index is 5.34. The number of benzene rings is 2. The van der Waals surface area contributed by atoms with Gasteiger partial charge in [-0.25, -0.2) is 0 Å². The number of methoxy groups -OCH3 is 1. The van der Waals surface area contributed by atoms with Gasteiger partial charge >= 0.3 is 0 Å². The molecule has 0 N–H and O–H groups in total. The van der Waals surface area contributed by atoms with Crippen LogP contribution in [0.25, 0.3) is 0 Å². The SMILES string of the molecule is COc1ccc2c(c1)CN(C)C[C@H]2c1ccccc1. The minimum Gasteiger partial charge on any atom is -0.497 e. The Morgan fingerprint density at radius 2 is 1.89 bits per heavy atom. The van der Waals surface area contributed by atoms with Crippen LogP contribution in [0.3, 0.4) is 0 Å². The van der Waals surface area contributed by atoms with E-state index in [0.717, 1.165) is 18.8 Å². The van der Waals surface area contributed by atoms with Crippen molar-refractivity contribution in [1.29, 1.82) is 0 Å². The topological polar surface area (TPSA) is 12.5 Å².